The predicted octanol–water partition coefficient (Wildman–Crippen LogP) is 2.93. The zero-order valence-electron chi connectivity index (χ0n) is 11.5. The van der Waals surface area contributed by atoms with Crippen LogP contribution in [0.2, 0.25) is 10.0 Å². The molecule has 1 aromatic carbocycles. The number of hydroxylamine groups is 2. The maximum Gasteiger partial charge on any atom is 0.268 e. The molecule has 1 unspecified atom stereocenters. The van der Waals surface area contributed by atoms with Gasteiger partial charge < -0.3 is 4.90 Å². The van der Waals surface area contributed by atoms with E-state index in [1.807, 2.05) is 6.26 Å². The van der Waals surface area contributed by atoms with E-state index in [9.17, 15) is 9.59 Å². The van der Waals surface area contributed by atoms with Gasteiger partial charge in [-0.25, -0.2) is 0 Å². The van der Waals surface area contributed by atoms with Crippen molar-refractivity contribution in [3.05, 3.63) is 33.8 Å². The number of benzene rings is 1. The number of nitrogens with zero attached hydrogens (tertiary/aromatic N) is 2. The first kappa shape index (κ1) is 16.4. The summed E-state index contributed by atoms with van der Waals surface area (Å²) < 4.78 is 0. The van der Waals surface area contributed by atoms with Gasteiger partial charge >= 0.3 is 0 Å². The van der Waals surface area contributed by atoms with E-state index >= 15 is 0 Å². The van der Waals surface area contributed by atoms with Crippen LogP contribution < -0.4 is 0 Å². The Morgan fingerprint density at radius 2 is 2.19 bits per heavy atom. The highest BCUT2D eigenvalue weighted by Gasteiger charge is 2.42. The van der Waals surface area contributed by atoms with E-state index in [1.54, 1.807) is 18.2 Å². The molecular weight excluding hydrogens is 335 g/mol. The number of hydrogen-bond acceptors (Lipinski definition) is 4. The van der Waals surface area contributed by atoms with Gasteiger partial charge in [0.2, 0.25) is 5.91 Å². The summed E-state index contributed by atoms with van der Waals surface area (Å²) in [4.78, 5) is 30.7. The molecular formula is C13H14Cl2N2O3S. The first-order chi connectivity index (χ1) is 9.95. The number of thioether (sulfide) groups is 1. The molecule has 2 rings (SSSR count). The van der Waals surface area contributed by atoms with Crippen LogP contribution in [0.15, 0.2) is 18.2 Å². The van der Waals surface area contributed by atoms with Crippen LogP contribution in [0.1, 0.15) is 18.7 Å². The van der Waals surface area contributed by atoms with Crippen LogP contribution in [0, 0.1) is 0 Å². The fraction of sp³-hybridized carbons (Fsp3) is 0.385. The fourth-order valence-corrected chi connectivity index (χ4v) is 2.83. The molecule has 1 fully saturated rings. The molecule has 21 heavy (non-hydrogen) atoms. The molecule has 0 spiro atoms. The van der Waals surface area contributed by atoms with Gasteiger partial charge in [0.15, 0.2) is 6.17 Å². The van der Waals surface area contributed by atoms with Gasteiger partial charge in [-0.05, 0) is 18.4 Å². The third-order valence-electron chi connectivity index (χ3n) is 3.02. The average molecular weight is 349 g/mol. The molecule has 0 saturated carbocycles. The van der Waals surface area contributed by atoms with Gasteiger partial charge in [-0.15, -0.1) is 11.8 Å². The topological polar surface area (TPSA) is 49.9 Å². The van der Waals surface area contributed by atoms with E-state index in [-0.39, 0.29) is 18.4 Å². The van der Waals surface area contributed by atoms with Crippen LogP contribution in [0.25, 0.3) is 0 Å². The molecule has 1 heterocycles. The molecule has 0 N–H and O–H groups in total. The summed E-state index contributed by atoms with van der Waals surface area (Å²) in [5, 5.41) is 2.07. The molecule has 0 aliphatic carbocycles. The number of carbonyl (C=O) groups is 2. The van der Waals surface area contributed by atoms with E-state index in [2.05, 4.69) is 0 Å². The summed E-state index contributed by atoms with van der Waals surface area (Å²) in [6.45, 7) is 1.37. The normalized spacial score (nSPS) is 18.5. The van der Waals surface area contributed by atoms with Crippen molar-refractivity contribution in [2.45, 2.75) is 13.1 Å². The molecule has 0 bridgehead atoms. The Balaban J connectivity index is 2.41. The largest absolute Gasteiger partial charge is 0.307 e. The van der Waals surface area contributed by atoms with Crippen LogP contribution in [-0.4, -0.2) is 40.5 Å². The molecule has 1 saturated heterocycles. The second-order valence-electron chi connectivity index (χ2n) is 4.44. The second kappa shape index (κ2) is 6.87. The van der Waals surface area contributed by atoms with Crippen LogP contribution >= 0.6 is 35.0 Å². The summed E-state index contributed by atoms with van der Waals surface area (Å²) in [6, 6.07) is 4.93. The maximum absolute atomic E-state index is 12.1. The number of carbonyl (C=O) groups excluding carboxylic acids is 2. The third kappa shape index (κ3) is 3.45. The van der Waals surface area contributed by atoms with Crippen molar-refractivity contribution in [1.82, 2.24) is 9.96 Å². The zero-order chi connectivity index (χ0) is 15.6. The first-order valence-corrected chi connectivity index (χ1v) is 8.26. The van der Waals surface area contributed by atoms with Crippen molar-refractivity contribution in [1.29, 1.82) is 0 Å². The van der Waals surface area contributed by atoms with Crippen molar-refractivity contribution in [3.63, 3.8) is 0 Å². The third-order valence-corrected chi connectivity index (χ3v) is 3.93. The SMILES string of the molecule is CSCON1C(=O)CN(C(C)=O)C1c1ccc(Cl)cc1Cl. The minimum atomic E-state index is -0.674. The molecule has 0 aromatic heterocycles. The van der Waals surface area contributed by atoms with Gasteiger partial charge in [0.05, 0.1) is 0 Å². The van der Waals surface area contributed by atoms with Gasteiger partial charge in [0.1, 0.15) is 12.5 Å². The van der Waals surface area contributed by atoms with E-state index in [1.165, 1.54) is 28.6 Å². The van der Waals surface area contributed by atoms with E-state index in [0.29, 0.717) is 21.5 Å². The van der Waals surface area contributed by atoms with E-state index in [4.69, 9.17) is 28.0 Å². The van der Waals surface area contributed by atoms with Gasteiger partial charge in [0.25, 0.3) is 5.91 Å². The molecule has 2 amide bonds. The Bertz CT molecular complexity index is 570. The van der Waals surface area contributed by atoms with Crippen LogP contribution in [-0.2, 0) is 14.4 Å². The number of hydrogen-bond donors (Lipinski definition) is 0. The molecule has 5 nitrogen and oxygen atoms in total. The average Bonchev–Trinajstić information content (AvgIpc) is 2.74. The number of amides is 2. The van der Waals surface area contributed by atoms with Gasteiger partial charge in [-0.1, -0.05) is 29.3 Å². The lowest BCUT2D eigenvalue weighted by molar-refractivity contribution is -0.188. The van der Waals surface area contributed by atoms with Gasteiger partial charge in [-0.3, -0.25) is 14.4 Å². The summed E-state index contributed by atoms with van der Waals surface area (Å²) >= 11 is 13.5. The van der Waals surface area contributed by atoms with Crippen molar-refractivity contribution in [2.75, 3.05) is 18.7 Å². The highest BCUT2D eigenvalue weighted by molar-refractivity contribution is 7.98. The summed E-state index contributed by atoms with van der Waals surface area (Å²) in [6.07, 6.45) is 1.18. The lowest BCUT2D eigenvalue weighted by Gasteiger charge is -2.29. The molecule has 8 heteroatoms. The minimum Gasteiger partial charge on any atom is -0.307 e. The quantitative estimate of drug-likeness (QED) is 0.785. The summed E-state index contributed by atoms with van der Waals surface area (Å²) in [7, 11) is 0. The lowest BCUT2D eigenvalue weighted by atomic mass is 10.1. The Labute approximate surface area is 137 Å². The summed E-state index contributed by atoms with van der Waals surface area (Å²) in [5.41, 5.74) is 0.600. The molecule has 1 aliphatic heterocycles. The molecule has 114 valence electrons. The number of rotatable bonds is 4. The molecule has 1 aliphatic rings. The highest BCUT2D eigenvalue weighted by Crippen LogP contribution is 2.36. The number of halogens is 2. The Hall–Kier alpha value is -0.950. The summed E-state index contributed by atoms with van der Waals surface area (Å²) in [5.74, 6) is -0.205. The predicted molar refractivity (Wildman–Crippen MR) is 82.9 cm³/mol. The maximum atomic E-state index is 12.1. The van der Waals surface area contributed by atoms with Crippen LogP contribution in [0.3, 0.4) is 0 Å². The van der Waals surface area contributed by atoms with Crippen molar-refractivity contribution in [3.8, 4) is 0 Å². The van der Waals surface area contributed by atoms with Gasteiger partial charge in [0, 0.05) is 22.5 Å². The Kier molecular flexibility index (Phi) is 5.37. The lowest BCUT2D eigenvalue weighted by Crippen LogP contribution is -2.34. The smallest absolute Gasteiger partial charge is 0.268 e. The van der Waals surface area contributed by atoms with Crippen LogP contribution in [0.5, 0.6) is 0 Å². The molecule has 1 atom stereocenters. The van der Waals surface area contributed by atoms with Crippen molar-refractivity contribution in [2.24, 2.45) is 0 Å². The highest BCUT2D eigenvalue weighted by atomic mass is 35.5. The second-order valence-corrected chi connectivity index (χ2v) is 6.10. The first-order valence-electron chi connectivity index (χ1n) is 6.11. The van der Waals surface area contributed by atoms with Crippen molar-refractivity contribution >= 4 is 46.8 Å². The molecule has 0 radical (unpaired) electrons. The zero-order valence-corrected chi connectivity index (χ0v) is 13.8. The van der Waals surface area contributed by atoms with Gasteiger partial charge in [-0.2, -0.15) is 5.06 Å². The standard InChI is InChI=1S/C13H14Cl2N2O3S/c1-8(18)16-6-12(19)17(20-7-21-2)13(16)10-4-3-9(14)5-11(10)15/h3-5,13H,6-7H2,1-2H3. The monoisotopic (exact) mass is 348 g/mol. The fourth-order valence-electron chi connectivity index (χ4n) is 2.11. The Morgan fingerprint density at radius 3 is 2.76 bits per heavy atom. The minimum absolute atomic E-state index is 0.0344. The van der Waals surface area contributed by atoms with Crippen molar-refractivity contribution < 1.29 is 14.4 Å². The molecule has 1 aromatic rings. The van der Waals surface area contributed by atoms with E-state index in [0.717, 1.165) is 0 Å². The van der Waals surface area contributed by atoms with Crippen LogP contribution in [0.4, 0.5) is 0 Å². The Morgan fingerprint density at radius 1 is 1.48 bits per heavy atom. The van der Waals surface area contributed by atoms with E-state index < -0.39 is 6.17 Å².